The Hall–Kier alpha value is -2.99. The molecule has 2 aromatic heterocycles. The molecule has 0 aliphatic carbocycles. The average molecular weight is 308 g/mol. The van der Waals surface area contributed by atoms with Crippen LogP contribution >= 0.6 is 0 Å². The van der Waals surface area contributed by atoms with E-state index in [1.54, 1.807) is 36.0 Å². The Balaban J connectivity index is 1.93. The minimum absolute atomic E-state index is 0.232. The molecule has 6 heteroatoms. The van der Waals surface area contributed by atoms with Crippen molar-refractivity contribution in [3.8, 4) is 11.1 Å². The Morgan fingerprint density at radius 2 is 2.04 bits per heavy atom. The Morgan fingerprint density at radius 3 is 2.70 bits per heavy atom. The first kappa shape index (κ1) is 14.9. The predicted octanol–water partition coefficient (Wildman–Crippen LogP) is 2.10. The van der Waals surface area contributed by atoms with Crippen LogP contribution in [0.5, 0.6) is 0 Å². The summed E-state index contributed by atoms with van der Waals surface area (Å²) in [7, 11) is 0. The molecule has 3 N–H and O–H groups in total. The van der Waals surface area contributed by atoms with Crippen molar-refractivity contribution in [1.82, 2.24) is 9.61 Å². The molecule has 116 valence electrons. The lowest BCUT2D eigenvalue weighted by atomic mass is 10.1. The van der Waals surface area contributed by atoms with Gasteiger partial charge >= 0.3 is 0 Å². The largest absolute Gasteiger partial charge is 0.325 e. The molecule has 0 radical (unpaired) electrons. The average Bonchev–Trinajstić information content (AvgIpc) is 2.98. The Kier molecular flexibility index (Phi) is 3.91. The van der Waals surface area contributed by atoms with E-state index in [-0.39, 0.29) is 5.91 Å². The van der Waals surface area contributed by atoms with E-state index in [1.807, 2.05) is 24.3 Å². The number of amides is 1. The first-order chi connectivity index (χ1) is 11.1. The first-order valence-corrected chi connectivity index (χ1v) is 7.18. The maximum absolute atomic E-state index is 11.6. The van der Waals surface area contributed by atoms with E-state index in [1.165, 1.54) is 0 Å². The van der Waals surface area contributed by atoms with E-state index < -0.39 is 6.04 Å². The summed E-state index contributed by atoms with van der Waals surface area (Å²) in [6, 6.07) is 10.3. The number of fused-ring (bicyclic) bond motifs is 1. The monoisotopic (exact) mass is 308 g/mol. The van der Waals surface area contributed by atoms with Crippen LogP contribution in [0.3, 0.4) is 0 Å². The highest BCUT2D eigenvalue weighted by molar-refractivity contribution is 5.94. The minimum Gasteiger partial charge on any atom is -0.325 e. The van der Waals surface area contributed by atoms with Gasteiger partial charge in [-0.25, -0.2) is 4.52 Å². The summed E-state index contributed by atoms with van der Waals surface area (Å²) < 4.78 is 1.72. The van der Waals surface area contributed by atoms with Gasteiger partial charge in [0.05, 0.1) is 17.8 Å². The second-order valence-electron chi connectivity index (χ2n) is 5.32. The number of carbonyl (C=O) groups excluding carboxylic acids is 2. The van der Waals surface area contributed by atoms with Gasteiger partial charge in [-0.05, 0) is 36.8 Å². The van der Waals surface area contributed by atoms with Gasteiger partial charge in [-0.15, -0.1) is 0 Å². The van der Waals surface area contributed by atoms with E-state index in [4.69, 9.17) is 5.73 Å². The Labute approximate surface area is 132 Å². The van der Waals surface area contributed by atoms with Gasteiger partial charge in [-0.1, -0.05) is 12.1 Å². The molecule has 0 spiro atoms. The molecule has 1 unspecified atom stereocenters. The summed E-state index contributed by atoms with van der Waals surface area (Å²) in [4.78, 5) is 22.5. The van der Waals surface area contributed by atoms with Gasteiger partial charge < -0.3 is 11.1 Å². The van der Waals surface area contributed by atoms with Crippen LogP contribution in [0.2, 0.25) is 0 Å². The quantitative estimate of drug-likeness (QED) is 0.722. The van der Waals surface area contributed by atoms with Gasteiger partial charge in [0.2, 0.25) is 5.91 Å². The van der Waals surface area contributed by atoms with Crippen molar-refractivity contribution in [2.24, 2.45) is 5.73 Å². The van der Waals surface area contributed by atoms with Crippen molar-refractivity contribution in [1.29, 1.82) is 0 Å². The standard InChI is InChI=1S/C17H16N4O2/c1-11(18)17(23)20-14-4-2-13(3-5-14)15-9-19-21-7-6-12(10-22)8-16(15)21/h2-11H,18H2,1H3,(H,20,23). The third-order valence-corrected chi connectivity index (χ3v) is 3.56. The molecule has 0 fully saturated rings. The number of aldehydes is 1. The van der Waals surface area contributed by atoms with E-state index in [9.17, 15) is 9.59 Å². The van der Waals surface area contributed by atoms with E-state index in [2.05, 4.69) is 10.4 Å². The third kappa shape index (κ3) is 2.97. The number of hydrogen-bond donors (Lipinski definition) is 2. The van der Waals surface area contributed by atoms with Gasteiger partial charge in [0, 0.05) is 23.0 Å². The zero-order chi connectivity index (χ0) is 16.4. The third-order valence-electron chi connectivity index (χ3n) is 3.56. The van der Waals surface area contributed by atoms with Crippen molar-refractivity contribution >= 4 is 23.4 Å². The molecule has 1 amide bonds. The van der Waals surface area contributed by atoms with Crippen molar-refractivity contribution in [3.63, 3.8) is 0 Å². The number of carbonyl (C=O) groups is 2. The number of benzene rings is 1. The van der Waals surface area contributed by atoms with Crippen molar-refractivity contribution in [3.05, 3.63) is 54.4 Å². The lowest BCUT2D eigenvalue weighted by molar-refractivity contribution is -0.117. The lowest BCUT2D eigenvalue weighted by Crippen LogP contribution is -2.32. The van der Waals surface area contributed by atoms with E-state index >= 15 is 0 Å². The molecule has 23 heavy (non-hydrogen) atoms. The summed E-state index contributed by atoms with van der Waals surface area (Å²) >= 11 is 0. The summed E-state index contributed by atoms with van der Waals surface area (Å²) in [6.45, 7) is 1.63. The normalized spacial score (nSPS) is 12.1. The van der Waals surface area contributed by atoms with Gasteiger partial charge in [0.25, 0.3) is 0 Å². The molecule has 2 heterocycles. The number of rotatable bonds is 4. The summed E-state index contributed by atoms with van der Waals surface area (Å²) in [5.74, 6) is -0.232. The minimum atomic E-state index is -0.559. The van der Waals surface area contributed by atoms with Gasteiger partial charge in [0.15, 0.2) is 0 Å². The number of nitrogens with two attached hydrogens (primary N) is 1. The fourth-order valence-electron chi connectivity index (χ4n) is 2.28. The molecular formula is C17H16N4O2. The van der Waals surface area contributed by atoms with Crippen molar-refractivity contribution in [2.75, 3.05) is 5.32 Å². The lowest BCUT2D eigenvalue weighted by Gasteiger charge is -2.08. The number of nitrogens with zero attached hydrogens (tertiary/aromatic N) is 2. The molecule has 3 rings (SSSR count). The number of nitrogens with one attached hydrogen (secondary N) is 1. The number of hydrogen-bond acceptors (Lipinski definition) is 4. The van der Waals surface area contributed by atoms with E-state index in [0.717, 1.165) is 22.9 Å². The summed E-state index contributed by atoms with van der Waals surface area (Å²) in [5.41, 5.74) is 9.52. The fourth-order valence-corrected chi connectivity index (χ4v) is 2.28. The highest BCUT2D eigenvalue weighted by Gasteiger charge is 2.09. The molecule has 1 aromatic carbocycles. The van der Waals surface area contributed by atoms with Crippen LogP contribution in [0, 0.1) is 0 Å². The zero-order valence-corrected chi connectivity index (χ0v) is 12.6. The second-order valence-corrected chi connectivity index (χ2v) is 5.32. The SMILES string of the molecule is CC(N)C(=O)Nc1ccc(-c2cnn3ccc(C=O)cc23)cc1. The molecule has 0 aliphatic rings. The maximum Gasteiger partial charge on any atom is 0.240 e. The van der Waals surface area contributed by atoms with E-state index in [0.29, 0.717) is 11.3 Å². The highest BCUT2D eigenvalue weighted by atomic mass is 16.2. The fraction of sp³-hybridized carbons (Fsp3) is 0.118. The zero-order valence-electron chi connectivity index (χ0n) is 12.6. The van der Waals surface area contributed by atoms with Crippen molar-refractivity contribution in [2.45, 2.75) is 13.0 Å². The van der Waals surface area contributed by atoms with Crippen LogP contribution < -0.4 is 11.1 Å². The van der Waals surface area contributed by atoms with Gasteiger partial charge in [-0.3, -0.25) is 9.59 Å². The number of pyridine rings is 1. The topological polar surface area (TPSA) is 89.5 Å². The van der Waals surface area contributed by atoms with Crippen LogP contribution in [-0.4, -0.2) is 27.8 Å². The number of anilines is 1. The smallest absolute Gasteiger partial charge is 0.240 e. The van der Waals surface area contributed by atoms with Gasteiger partial charge in [-0.2, -0.15) is 5.10 Å². The molecule has 0 saturated carbocycles. The predicted molar refractivity (Wildman–Crippen MR) is 88.3 cm³/mol. The molecule has 3 aromatic rings. The van der Waals surface area contributed by atoms with Crippen LogP contribution in [-0.2, 0) is 4.79 Å². The van der Waals surface area contributed by atoms with Crippen molar-refractivity contribution < 1.29 is 9.59 Å². The van der Waals surface area contributed by atoms with Crippen LogP contribution in [0.1, 0.15) is 17.3 Å². The molecule has 0 saturated heterocycles. The molecule has 0 bridgehead atoms. The summed E-state index contributed by atoms with van der Waals surface area (Å²) in [5, 5.41) is 7.02. The van der Waals surface area contributed by atoms with Crippen LogP contribution in [0.15, 0.2) is 48.8 Å². The summed E-state index contributed by atoms with van der Waals surface area (Å²) in [6.07, 6.45) is 4.31. The first-order valence-electron chi connectivity index (χ1n) is 7.18. The maximum atomic E-state index is 11.6. The van der Waals surface area contributed by atoms with Gasteiger partial charge in [0.1, 0.15) is 6.29 Å². The molecule has 6 nitrogen and oxygen atoms in total. The van der Waals surface area contributed by atoms with Crippen LogP contribution in [0.25, 0.3) is 16.6 Å². The second kappa shape index (κ2) is 6.02. The molecule has 1 atom stereocenters. The Morgan fingerprint density at radius 1 is 1.30 bits per heavy atom. The highest BCUT2D eigenvalue weighted by Crippen LogP contribution is 2.26. The Bertz CT molecular complexity index is 866. The van der Waals surface area contributed by atoms with Crippen LogP contribution in [0.4, 0.5) is 5.69 Å². The molecule has 0 aliphatic heterocycles. The number of aromatic nitrogens is 2. The molecular weight excluding hydrogens is 292 g/mol.